The molecule has 2 nitrogen and oxygen atoms in total. The van der Waals surface area contributed by atoms with Gasteiger partial charge in [-0.15, -0.1) is 6.58 Å². The summed E-state index contributed by atoms with van der Waals surface area (Å²) in [5.41, 5.74) is 1.51. The Labute approximate surface area is 98.5 Å². The fraction of sp³-hybridized carbons (Fsp3) is 0.846. The van der Waals surface area contributed by atoms with E-state index in [-0.39, 0.29) is 7.12 Å². The van der Waals surface area contributed by atoms with Crippen molar-refractivity contribution >= 4 is 7.12 Å². The molecule has 4 rings (SSSR count). The van der Waals surface area contributed by atoms with Crippen LogP contribution in [-0.2, 0) is 9.31 Å². The van der Waals surface area contributed by atoms with Crippen LogP contribution in [0.1, 0.15) is 40.0 Å². The van der Waals surface area contributed by atoms with Crippen molar-refractivity contribution in [3.8, 4) is 0 Å². The zero-order valence-corrected chi connectivity index (χ0v) is 10.5. The maximum atomic E-state index is 5.98. The second-order valence-electron chi connectivity index (χ2n) is 6.45. The summed E-state index contributed by atoms with van der Waals surface area (Å²) in [6.07, 6.45) is 4.37. The third kappa shape index (κ3) is 1.41. The van der Waals surface area contributed by atoms with Gasteiger partial charge in [-0.25, -0.2) is 0 Å². The van der Waals surface area contributed by atoms with E-state index in [1.807, 2.05) is 6.92 Å². The average molecular weight is 220 g/mol. The Morgan fingerprint density at radius 2 is 1.62 bits per heavy atom. The largest absolute Gasteiger partial charge is 0.489 e. The second kappa shape index (κ2) is 3.36. The fourth-order valence-corrected chi connectivity index (χ4v) is 3.66. The molecule has 4 aliphatic rings. The smallest absolute Gasteiger partial charge is 0.402 e. The van der Waals surface area contributed by atoms with Crippen LogP contribution in [0.2, 0.25) is 0 Å². The summed E-state index contributed by atoms with van der Waals surface area (Å²) in [6.45, 7) is 10.7. The molecule has 4 atom stereocenters. The minimum atomic E-state index is -0.143. The zero-order valence-electron chi connectivity index (χ0n) is 10.5. The molecular formula is C13H21BO2. The molecule has 0 aromatic rings. The van der Waals surface area contributed by atoms with Crippen LogP contribution in [0.25, 0.3) is 0 Å². The van der Waals surface area contributed by atoms with Crippen LogP contribution in [0.4, 0.5) is 0 Å². The lowest BCUT2D eigenvalue weighted by atomic mass is 9.54. The van der Waals surface area contributed by atoms with E-state index in [0.29, 0.717) is 17.6 Å². The van der Waals surface area contributed by atoms with Crippen molar-refractivity contribution in [3.63, 3.8) is 0 Å². The van der Waals surface area contributed by atoms with Crippen molar-refractivity contribution in [2.75, 3.05) is 0 Å². The highest BCUT2D eigenvalue weighted by molar-refractivity contribution is 6.53. The molecule has 0 amide bonds. The third-order valence-electron chi connectivity index (χ3n) is 5.12. The predicted octanol–water partition coefficient (Wildman–Crippen LogP) is 2.83. The first-order valence-corrected chi connectivity index (χ1v) is 6.45. The molecule has 3 aliphatic carbocycles. The van der Waals surface area contributed by atoms with Gasteiger partial charge in [-0.3, -0.25) is 0 Å². The van der Waals surface area contributed by atoms with Gasteiger partial charge in [0.25, 0.3) is 0 Å². The van der Waals surface area contributed by atoms with Gasteiger partial charge in [0.15, 0.2) is 0 Å². The molecule has 4 unspecified atom stereocenters. The molecule has 3 saturated carbocycles. The van der Waals surface area contributed by atoms with E-state index in [0.717, 1.165) is 17.3 Å². The highest BCUT2D eigenvalue weighted by Gasteiger charge is 2.55. The molecule has 1 heterocycles. The van der Waals surface area contributed by atoms with Crippen molar-refractivity contribution < 1.29 is 9.31 Å². The van der Waals surface area contributed by atoms with E-state index in [1.165, 1.54) is 19.3 Å². The minimum absolute atomic E-state index is 0.143. The predicted molar refractivity (Wildman–Crippen MR) is 64.9 cm³/mol. The van der Waals surface area contributed by atoms with Crippen LogP contribution in [0.3, 0.4) is 0 Å². The van der Waals surface area contributed by atoms with Gasteiger partial charge in [0, 0.05) is 0 Å². The van der Waals surface area contributed by atoms with E-state index in [9.17, 15) is 0 Å². The summed E-state index contributed by atoms with van der Waals surface area (Å²) in [6, 6.07) is 0. The second-order valence-corrected chi connectivity index (χ2v) is 6.45. The maximum Gasteiger partial charge on any atom is 0.489 e. The monoisotopic (exact) mass is 220 g/mol. The summed E-state index contributed by atoms with van der Waals surface area (Å²) in [5, 5.41) is 0. The molecule has 0 N–H and O–H groups in total. The third-order valence-corrected chi connectivity index (χ3v) is 5.12. The molecule has 0 aromatic heterocycles. The Kier molecular flexibility index (Phi) is 2.28. The van der Waals surface area contributed by atoms with Gasteiger partial charge in [0.1, 0.15) is 0 Å². The number of hydrogen-bond donors (Lipinski definition) is 0. The van der Waals surface area contributed by atoms with Crippen LogP contribution in [0.15, 0.2) is 12.1 Å². The van der Waals surface area contributed by atoms with Crippen LogP contribution in [0.5, 0.6) is 0 Å². The lowest BCUT2D eigenvalue weighted by molar-refractivity contribution is -0.0260. The van der Waals surface area contributed by atoms with Gasteiger partial charge in [-0.05, 0) is 43.4 Å². The molecule has 88 valence electrons. The lowest BCUT2D eigenvalue weighted by Gasteiger charge is -2.51. The highest BCUT2D eigenvalue weighted by atomic mass is 16.7. The van der Waals surface area contributed by atoms with E-state index in [1.54, 1.807) is 0 Å². The normalized spacial score (nSPS) is 44.6. The summed E-state index contributed by atoms with van der Waals surface area (Å²) in [7, 11) is -0.143. The summed E-state index contributed by atoms with van der Waals surface area (Å²) in [5.74, 6) is 1.67. The highest BCUT2D eigenvalue weighted by Crippen LogP contribution is 2.59. The first kappa shape index (κ1) is 10.9. The standard InChI is InChI=1S/C13H21BO2/c1-8(2)14-15-11-6-9-5-10(13(9,3)4)7-12(11)16-14/h9-12H,1,5-7H2,2-4H3. The van der Waals surface area contributed by atoms with Crippen molar-refractivity contribution in [3.05, 3.63) is 12.1 Å². The number of hydrogen-bond acceptors (Lipinski definition) is 2. The van der Waals surface area contributed by atoms with E-state index in [4.69, 9.17) is 9.31 Å². The summed E-state index contributed by atoms with van der Waals surface area (Å²) in [4.78, 5) is 0. The number of allylic oxidation sites excluding steroid dienone is 1. The maximum absolute atomic E-state index is 5.98. The van der Waals surface area contributed by atoms with Gasteiger partial charge in [0.2, 0.25) is 0 Å². The van der Waals surface area contributed by atoms with Crippen molar-refractivity contribution in [2.45, 2.75) is 52.2 Å². The van der Waals surface area contributed by atoms with Gasteiger partial charge in [-0.1, -0.05) is 19.3 Å². The van der Waals surface area contributed by atoms with Crippen LogP contribution < -0.4 is 0 Å². The Hall–Kier alpha value is -0.275. The minimum Gasteiger partial charge on any atom is -0.402 e. The topological polar surface area (TPSA) is 18.5 Å². The quantitative estimate of drug-likeness (QED) is 0.632. The molecule has 0 spiro atoms. The molecule has 0 aromatic carbocycles. The van der Waals surface area contributed by atoms with Crippen molar-refractivity contribution in [1.82, 2.24) is 0 Å². The van der Waals surface area contributed by atoms with Crippen LogP contribution >= 0.6 is 0 Å². The molecule has 1 saturated heterocycles. The Bertz CT molecular complexity index is 304. The van der Waals surface area contributed by atoms with Gasteiger partial charge in [0.05, 0.1) is 12.2 Å². The molecule has 3 heteroatoms. The van der Waals surface area contributed by atoms with Crippen molar-refractivity contribution in [1.29, 1.82) is 0 Å². The van der Waals surface area contributed by atoms with Crippen LogP contribution in [0, 0.1) is 17.3 Å². The van der Waals surface area contributed by atoms with Gasteiger partial charge < -0.3 is 9.31 Å². The first-order chi connectivity index (χ1) is 7.48. The molecule has 2 bridgehead atoms. The molecule has 4 fully saturated rings. The van der Waals surface area contributed by atoms with Gasteiger partial charge in [-0.2, -0.15) is 0 Å². The SMILES string of the molecule is C=C(C)B1OC2CC3CC(CC2O1)C3(C)C. The molecule has 16 heavy (non-hydrogen) atoms. The fourth-order valence-electron chi connectivity index (χ4n) is 3.66. The number of rotatable bonds is 1. The van der Waals surface area contributed by atoms with Crippen molar-refractivity contribution in [2.24, 2.45) is 17.3 Å². The zero-order chi connectivity index (χ0) is 11.5. The Balaban J connectivity index is 1.75. The van der Waals surface area contributed by atoms with E-state index in [2.05, 4.69) is 20.4 Å². The van der Waals surface area contributed by atoms with E-state index < -0.39 is 0 Å². The summed E-state index contributed by atoms with van der Waals surface area (Å²) < 4.78 is 12.0. The Morgan fingerprint density at radius 1 is 1.12 bits per heavy atom. The molecular weight excluding hydrogens is 199 g/mol. The average Bonchev–Trinajstić information content (AvgIpc) is 2.47. The molecule has 0 radical (unpaired) electrons. The van der Waals surface area contributed by atoms with Crippen LogP contribution in [-0.4, -0.2) is 19.3 Å². The lowest BCUT2D eigenvalue weighted by Crippen LogP contribution is -2.44. The van der Waals surface area contributed by atoms with E-state index >= 15 is 0 Å². The summed E-state index contributed by atoms with van der Waals surface area (Å²) >= 11 is 0. The Morgan fingerprint density at radius 3 is 2.00 bits per heavy atom. The first-order valence-electron chi connectivity index (χ1n) is 6.45. The molecule has 1 aliphatic heterocycles. The van der Waals surface area contributed by atoms with Gasteiger partial charge >= 0.3 is 7.12 Å².